The van der Waals surface area contributed by atoms with E-state index in [1.165, 1.54) is 100 Å². The number of hydrogen-bond donors (Lipinski definition) is 1. The Bertz CT molecular complexity index is 1290. The summed E-state index contributed by atoms with van der Waals surface area (Å²) < 4.78 is 7.32. The molecule has 0 radical (unpaired) electrons. The van der Waals surface area contributed by atoms with Crippen LogP contribution < -0.4 is 4.74 Å². The molecule has 4 heteroatoms. The summed E-state index contributed by atoms with van der Waals surface area (Å²) in [6.45, 7) is 23.8. The third-order valence-electron chi connectivity index (χ3n) is 10.1. The Morgan fingerprint density at radius 3 is 1.58 bits per heavy atom. The van der Waals surface area contributed by atoms with Gasteiger partial charge in [0, 0.05) is 30.8 Å². The number of aromatic nitrogens is 3. The summed E-state index contributed by atoms with van der Waals surface area (Å²) in [5, 5.41) is 0. The Labute approximate surface area is 340 Å². The van der Waals surface area contributed by atoms with Gasteiger partial charge in [0.15, 0.2) is 0 Å². The van der Waals surface area contributed by atoms with E-state index in [1.54, 1.807) is 13.4 Å². The van der Waals surface area contributed by atoms with Gasteiger partial charge in [0.2, 0.25) is 0 Å². The van der Waals surface area contributed by atoms with E-state index >= 15 is 0 Å². The summed E-state index contributed by atoms with van der Waals surface area (Å²) in [4.78, 5) is 7.03. The Balaban J connectivity index is 0.000000345. The Hall–Kier alpha value is -3.27. The second-order valence-corrected chi connectivity index (χ2v) is 17.8. The zero-order chi connectivity index (χ0) is 40.7. The lowest BCUT2D eigenvalue weighted by Crippen LogP contribution is -2.06. The van der Waals surface area contributed by atoms with Crippen LogP contribution in [0.5, 0.6) is 5.75 Å². The van der Waals surface area contributed by atoms with Crippen molar-refractivity contribution in [3.63, 3.8) is 0 Å². The number of H-pyrrole nitrogens is 1. The fourth-order valence-electron chi connectivity index (χ4n) is 6.18. The van der Waals surface area contributed by atoms with Crippen LogP contribution in [0.4, 0.5) is 0 Å². The average Bonchev–Trinajstić information content (AvgIpc) is 3.91. The van der Waals surface area contributed by atoms with Crippen LogP contribution in [0, 0.1) is 35.5 Å². The van der Waals surface area contributed by atoms with Crippen molar-refractivity contribution in [1.82, 2.24) is 14.5 Å². The lowest BCUT2D eigenvalue weighted by atomic mass is 9.85. The van der Waals surface area contributed by atoms with E-state index in [2.05, 4.69) is 151 Å². The molecular formula is C51H85N3O. The van der Waals surface area contributed by atoms with Gasteiger partial charge in [-0.25, -0.2) is 4.98 Å². The van der Waals surface area contributed by atoms with Gasteiger partial charge in [-0.15, -0.1) is 0 Å². The molecule has 2 aromatic heterocycles. The van der Waals surface area contributed by atoms with Crippen LogP contribution >= 0.6 is 0 Å². The van der Waals surface area contributed by atoms with Crippen molar-refractivity contribution < 1.29 is 4.74 Å². The number of rotatable bonds is 16. The molecule has 0 unspecified atom stereocenters. The topological polar surface area (TPSA) is 42.8 Å². The molecule has 0 bridgehead atoms. The molecule has 1 aliphatic rings. The van der Waals surface area contributed by atoms with Crippen LogP contribution in [0.2, 0.25) is 0 Å². The predicted molar refractivity (Wildman–Crippen MR) is 242 cm³/mol. The average molecular weight is 756 g/mol. The van der Waals surface area contributed by atoms with E-state index in [9.17, 15) is 0 Å². The molecular weight excluding hydrogens is 671 g/mol. The van der Waals surface area contributed by atoms with E-state index in [4.69, 9.17) is 4.74 Å². The van der Waals surface area contributed by atoms with E-state index in [1.807, 2.05) is 18.3 Å². The molecule has 0 spiro atoms. The smallest absolute Gasteiger partial charge is 0.118 e. The first-order valence-corrected chi connectivity index (χ1v) is 22.1. The maximum atomic E-state index is 5.09. The van der Waals surface area contributed by atoms with Crippen molar-refractivity contribution in [1.29, 1.82) is 0 Å². The lowest BCUT2D eigenvalue weighted by Gasteiger charge is -2.21. The van der Waals surface area contributed by atoms with Crippen molar-refractivity contribution in [3.05, 3.63) is 108 Å². The van der Waals surface area contributed by atoms with Gasteiger partial charge in [-0.1, -0.05) is 157 Å². The molecule has 2 aromatic carbocycles. The molecule has 0 saturated heterocycles. The summed E-state index contributed by atoms with van der Waals surface area (Å²) in [5.74, 6) is 6.12. The normalized spacial score (nSPS) is 12.7. The molecule has 4 nitrogen and oxygen atoms in total. The molecule has 0 atom stereocenters. The van der Waals surface area contributed by atoms with E-state index in [-0.39, 0.29) is 0 Å². The molecule has 4 aromatic rings. The van der Waals surface area contributed by atoms with Gasteiger partial charge in [0.1, 0.15) is 5.75 Å². The van der Waals surface area contributed by atoms with E-state index < -0.39 is 0 Å². The van der Waals surface area contributed by atoms with Crippen molar-refractivity contribution in [3.8, 4) is 5.75 Å². The molecule has 1 fully saturated rings. The lowest BCUT2D eigenvalue weighted by molar-refractivity contribution is 0.317. The monoisotopic (exact) mass is 756 g/mol. The number of ether oxygens (including phenoxy) is 1. The van der Waals surface area contributed by atoms with Crippen LogP contribution in [0.3, 0.4) is 0 Å². The number of nitrogens with one attached hydrogen (secondary N) is 1. The first kappa shape index (κ1) is 49.7. The maximum Gasteiger partial charge on any atom is 0.118 e. The number of nitrogens with zero attached hydrogens (tertiary/aromatic N) is 2. The molecule has 5 rings (SSSR count). The summed E-state index contributed by atoms with van der Waals surface area (Å²) in [5.41, 5.74) is 4.10. The zero-order valence-electron chi connectivity index (χ0n) is 37.5. The van der Waals surface area contributed by atoms with Crippen LogP contribution in [-0.2, 0) is 25.8 Å². The van der Waals surface area contributed by atoms with Gasteiger partial charge < -0.3 is 14.3 Å². The first-order chi connectivity index (χ1) is 26.4. The first-order valence-electron chi connectivity index (χ1n) is 22.1. The maximum absolute atomic E-state index is 5.09. The van der Waals surface area contributed by atoms with Gasteiger partial charge in [-0.2, -0.15) is 0 Å². The van der Waals surface area contributed by atoms with E-state index in [0.29, 0.717) is 0 Å². The minimum absolute atomic E-state index is 0.780. The highest BCUT2D eigenvalue weighted by Gasteiger charge is 2.13. The van der Waals surface area contributed by atoms with Crippen molar-refractivity contribution in [2.75, 3.05) is 7.11 Å². The van der Waals surface area contributed by atoms with Crippen LogP contribution in [0.1, 0.15) is 157 Å². The fourth-order valence-corrected chi connectivity index (χ4v) is 6.18. The number of aryl methyl sites for hydroxylation is 4. The number of hydrogen-bond acceptors (Lipinski definition) is 2. The van der Waals surface area contributed by atoms with Crippen LogP contribution in [0.15, 0.2) is 91.6 Å². The van der Waals surface area contributed by atoms with Gasteiger partial charge in [-0.05, 0) is 116 Å². The third kappa shape index (κ3) is 29.7. The molecule has 310 valence electrons. The summed E-state index contributed by atoms with van der Waals surface area (Å²) in [6, 6.07) is 23.1. The van der Waals surface area contributed by atoms with Gasteiger partial charge in [0.05, 0.1) is 13.4 Å². The number of benzene rings is 2. The second-order valence-electron chi connectivity index (χ2n) is 17.8. The largest absolute Gasteiger partial charge is 0.497 e. The van der Waals surface area contributed by atoms with Crippen molar-refractivity contribution in [2.45, 2.75) is 166 Å². The summed E-state index contributed by atoms with van der Waals surface area (Å²) in [7, 11) is 1.70. The minimum Gasteiger partial charge on any atom is -0.497 e. The van der Waals surface area contributed by atoms with Crippen molar-refractivity contribution >= 4 is 0 Å². The van der Waals surface area contributed by atoms with Gasteiger partial charge in [0.25, 0.3) is 0 Å². The Morgan fingerprint density at radius 2 is 1.11 bits per heavy atom. The van der Waals surface area contributed by atoms with Crippen LogP contribution in [-0.4, -0.2) is 21.6 Å². The SMILES string of the molecule is CC(C)CCC1CCCCC1.CC(C)CCc1ccccc1.CC(C)CCc1cnc[nH]1.CC(C)CCn1cccc1.COc1ccc(CCC(C)C)cc1. The number of imidazole rings is 1. The summed E-state index contributed by atoms with van der Waals surface area (Å²) >= 11 is 0. The molecule has 1 N–H and O–H groups in total. The Kier molecular flexibility index (Phi) is 28.8. The third-order valence-corrected chi connectivity index (χ3v) is 10.1. The highest BCUT2D eigenvalue weighted by atomic mass is 16.5. The molecule has 2 heterocycles. The minimum atomic E-state index is 0.780. The molecule has 0 amide bonds. The summed E-state index contributed by atoms with van der Waals surface area (Å²) in [6.07, 6.45) is 26.9. The second kappa shape index (κ2) is 31.9. The quantitative estimate of drug-likeness (QED) is 0.124. The molecule has 1 saturated carbocycles. The highest BCUT2D eigenvalue weighted by molar-refractivity contribution is 5.27. The van der Waals surface area contributed by atoms with Gasteiger partial charge in [-0.3, -0.25) is 0 Å². The number of aromatic amines is 1. The van der Waals surface area contributed by atoms with E-state index in [0.717, 1.165) is 54.2 Å². The Morgan fingerprint density at radius 1 is 0.600 bits per heavy atom. The standard InChI is InChI=1S/C12H18O.C11H22.C11H16.C9H15N.C8H14N2/c1-10(2)4-5-11-6-8-12(13-3)9-7-11;2*1-10(2)8-9-11-6-4-3-5-7-11;1-9(2)5-8-10-6-3-4-7-10;1-7(2)3-4-8-5-9-6-10-8/h6-10H,4-5H2,1-3H3;10-11H,3-9H2,1-2H3;3-7,10H,8-9H2,1-2H3;3-4,6-7,9H,5,8H2,1-2H3;5-7H,3-4H2,1-2H3,(H,9,10). The predicted octanol–water partition coefficient (Wildman–Crippen LogP) is 15.1. The molecule has 0 aliphatic heterocycles. The molecule has 55 heavy (non-hydrogen) atoms. The van der Waals surface area contributed by atoms with Gasteiger partial charge >= 0.3 is 0 Å². The highest BCUT2D eigenvalue weighted by Crippen LogP contribution is 2.28. The van der Waals surface area contributed by atoms with Crippen molar-refractivity contribution in [2.24, 2.45) is 35.5 Å². The molecule has 1 aliphatic carbocycles. The zero-order valence-corrected chi connectivity index (χ0v) is 37.5. The fraction of sp³-hybridized carbons (Fsp3) is 0.627. The van der Waals surface area contributed by atoms with Crippen LogP contribution in [0.25, 0.3) is 0 Å². The number of methoxy groups -OCH3 is 1.